The Morgan fingerprint density at radius 1 is 1.21 bits per heavy atom. The molecule has 1 heterocycles. The molecule has 4 unspecified atom stereocenters. The second-order valence-corrected chi connectivity index (χ2v) is 8.38. The number of hydrogen-bond donors (Lipinski definition) is 1. The van der Waals surface area contributed by atoms with Crippen molar-refractivity contribution in [1.29, 1.82) is 0 Å². The maximum Gasteiger partial charge on any atom is 0.182 e. The minimum absolute atomic E-state index is 0.349. The summed E-state index contributed by atoms with van der Waals surface area (Å²) >= 11 is 0. The van der Waals surface area contributed by atoms with Gasteiger partial charge in [-0.25, -0.2) is 4.98 Å². The summed E-state index contributed by atoms with van der Waals surface area (Å²) in [4.78, 5) is 4.52. The molecule has 3 heteroatoms. The van der Waals surface area contributed by atoms with E-state index < -0.39 is 5.60 Å². The molecular formula is C21H27NO2. The van der Waals surface area contributed by atoms with Gasteiger partial charge >= 0.3 is 0 Å². The van der Waals surface area contributed by atoms with Gasteiger partial charge in [0.2, 0.25) is 0 Å². The first-order valence-corrected chi connectivity index (χ1v) is 9.10. The van der Waals surface area contributed by atoms with E-state index in [0.29, 0.717) is 23.7 Å². The van der Waals surface area contributed by atoms with E-state index in [1.54, 1.807) is 6.39 Å². The van der Waals surface area contributed by atoms with Gasteiger partial charge < -0.3 is 9.52 Å². The molecule has 0 amide bonds. The molecule has 4 rings (SSSR count). The number of hydrogen-bond acceptors (Lipinski definition) is 3. The van der Waals surface area contributed by atoms with E-state index in [1.807, 2.05) is 19.9 Å². The number of allylic oxidation sites excluding steroid dienone is 1. The molecule has 0 fully saturated rings. The van der Waals surface area contributed by atoms with Crippen LogP contribution in [0.5, 0.6) is 0 Å². The molecule has 2 aromatic rings. The van der Waals surface area contributed by atoms with E-state index in [0.717, 1.165) is 11.1 Å². The van der Waals surface area contributed by atoms with E-state index >= 15 is 0 Å². The Balaban J connectivity index is 1.99. The van der Waals surface area contributed by atoms with Crippen molar-refractivity contribution < 1.29 is 9.52 Å². The number of aryl methyl sites for hydroxylation is 1. The van der Waals surface area contributed by atoms with E-state index in [4.69, 9.17) is 4.42 Å². The van der Waals surface area contributed by atoms with Gasteiger partial charge in [-0.1, -0.05) is 26.0 Å². The molecule has 2 aliphatic carbocycles. The molecule has 4 atom stereocenters. The largest absolute Gasteiger partial charge is 0.443 e. The number of rotatable bonds is 2. The number of fused-ring (bicyclic) bond motifs is 2. The Labute approximate surface area is 143 Å². The van der Waals surface area contributed by atoms with Gasteiger partial charge in [0.1, 0.15) is 5.52 Å². The summed E-state index contributed by atoms with van der Waals surface area (Å²) in [5.74, 6) is 2.02. The first kappa shape index (κ1) is 15.9. The zero-order valence-corrected chi connectivity index (χ0v) is 15.3. The van der Waals surface area contributed by atoms with Gasteiger partial charge in [0, 0.05) is 11.5 Å². The van der Waals surface area contributed by atoms with Crippen molar-refractivity contribution in [3.8, 4) is 0 Å². The van der Waals surface area contributed by atoms with Crippen LogP contribution in [0.1, 0.15) is 80.5 Å². The SMILES string of the molecule is Cc1c2c3c(c4ocnc14)C(C)CCC3C(C)C2C=CC(C)(C)O. The average molecular weight is 325 g/mol. The quantitative estimate of drug-likeness (QED) is 0.774. The summed E-state index contributed by atoms with van der Waals surface area (Å²) in [5, 5.41) is 10.1. The molecule has 0 saturated carbocycles. The van der Waals surface area contributed by atoms with Crippen molar-refractivity contribution in [1.82, 2.24) is 4.98 Å². The Hall–Kier alpha value is -1.61. The first-order valence-electron chi connectivity index (χ1n) is 9.10. The summed E-state index contributed by atoms with van der Waals surface area (Å²) in [6, 6.07) is 0. The van der Waals surface area contributed by atoms with Crippen LogP contribution < -0.4 is 0 Å². The van der Waals surface area contributed by atoms with E-state index in [9.17, 15) is 5.11 Å². The summed E-state index contributed by atoms with van der Waals surface area (Å²) in [6.45, 7) is 10.5. The van der Waals surface area contributed by atoms with Crippen LogP contribution in [0.15, 0.2) is 23.0 Å². The Kier molecular flexibility index (Phi) is 3.44. The number of benzene rings is 1. The van der Waals surface area contributed by atoms with Gasteiger partial charge in [0.05, 0.1) is 5.60 Å². The molecule has 3 nitrogen and oxygen atoms in total. The number of oxazole rings is 1. The summed E-state index contributed by atoms with van der Waals surface area (Å²) in [5.41, 5.74) is 6.86. The van der Waals surface area contributed by atoms with Gasteiger partial charge in [-0.15, -0.1) is 0 Å². The summed E-state index contributed by atoms with van der Waals surface area (Å²) in [7, 11) is 0. The molecule has 0 aliphatic heterocycles. The Morgan fingerprint density at radius 3 is 2.67 bits per heavy atom. The van der Waals surface area contributed by atoms with Crippen LogP contribution in [-0.4, -0.2) is 15.7 Å². The Morgan fingerprint density at radius 2 is 1.96 bits per heavy atom. The fraction of sp³-hybridized carbons (Fsp3) is 0.571. The van der Waals surface area contributed by atoms with Crippen molar-refractivity contribution in [2.45, 2.75) is 70.8 Å². The highest BCUT2D eigenvalue weighted by atomic mass is 16.3. The molecule has 1 aromatic carbocycles. The molecule has 128 valence electrons. The minimum atomic E-state index is -0.778. The molecule has 24 heavy (non-hydrogen) atoms. The van der Waals surface area contributed by atoms with Crippen LogP contribution in [0.3, 0.4) is 0 Å². The molecule has 0 bridgehead atoms. The third kappa shape index (κ3) is 2.17. The molecule has 0 spiro atoms. The van der Waals surface area contributed by atoms with Crippen LogP contribution in [-0.2, 0) is 0 Å². The molecule has 1 N–H and O–H groups in total. The van der Waals surface area contributed by atoms with E-state index in [1.165, 1.54) is 35.1 Å². The molecule has 1 aromatic heterocycles. The third-order valence-corrected chi connectivity index (χ3v) is 6.17. The third-order valence-electron chi connectivity index (χ3n) is 6.17. The minimum Gasteiger partial charge on any atom is -0.443 e. The van der Waals surface area contributed by atoms with Crippen molar-refractivity contribution in [2.24, 2.45) is 5.92 Å². The molecular weight excluding hydrogens is 298 g/mol. The lowest BCUT2D eigenvalue weighted by Crippen LogP contribution is -2.16. The van der Waals surface area contributed by atoms with Crippen molar-refractivity contribution >= 4 is 11.1 Å². The monoisotopic (exact) mass is 325 g/mol. The van der Waals surface area contributed by atoms with Crippen LogP contribution >= 0.6 is 0 Å². The standard InChI is InChI=1S/C21H27NO2/c1-11-6-7-14-12(2)15(8-9-21(4,5)23)17-13(3)19-20(24-10-22-19)16(11)18(14)17/h8-12,14-15,23H,6-7H2,1-5H3. The van der Waals surface area contributed by atoms with E-state index in [2.05, 4.69) is 31.8 Å². The molecule has 0 radical (unpaired) electrons. The zero-order valence-electron chi connectivity index (χ0n) is 15.3. The highest BCUT2D eigenvalue weighted by molar-refractivity contribution is 5.85. The lowest BCUT2D eigenvalue weighted by Gasteiger charge is -2.29. The second kappa shape index (κ2) is 5.19. The number of aromatic nitrogens is 1. The van der Waals surface area contributed by atoms with Gasteiger partial charge in [-0.3, -0.25) is 0 Å². The average Bonchev–Trinajstić information content (AvgIpc) is 3.07. The van der Waals surface area contributed by atoms with Crippen LogP contribution in [0.25, 0.3) is 11.1 Å². The predicted octanol–water partition coefficient (Wildman–Crippen LogP) is 5.18. The summed E-state index contributed by atoms with van der Waals surface area (Å²) < 4.78 is 5.81. The fourth-order valence-corrected chi connectivity index (χ4v) is 4.99. The predicted molar refractivity (Wildman–Crippen MR) is 96.5 cm³/mol. The fourth-order valence-electron chi connectivity index (χ4n) is 4.99. The number of aliphatic hydroxyl groups is 1. The lowest BCUT2D eigenvalue weighted by molar-refractivity contribution is 0.132. The van der Waals surface area contributed by atoms with Gasteiger partial charge in [-0.2, -0.15) is 0 Å². The molecule has 0 saturated heterocycles. The Bertz CT molecular complexity index is 824. The van der Waals surface area contributed by atoms with Gasteiger partial charge in [-0.05, 0) is 68.1 Å². The number of nitrogens with zero attached hydrogens (tertiary/aromatic N) is 1. The zero-order chi connectivity index (χ0) is 17.2. The van der Waals surface area contributed by atoms with Crippen molar-refractivity contribution in [3.05, 3.63) is 40.8 Å². The van der Waals surface area contributed by atoms with Crippen LogP contribution in [0, 0.1) is 12.8 Å². The van der Waals surface area contributed by atoms with Crippen LogP contribution in [0.2, 0.25) is 0 Å². The van der Waals surface area contributed by atoms with Gasteiger partial charge in [0.15, 0.2) is 12.0 Å². The topological polar surface area (TPSA) is 46.3 Å². The summed E-state index contributed by atoms with van der Waals surface area (Å²) in [6.07, 6.45) is 8.22. The smallest absolute Gasteiger partial charge is 0.182 e. The van der Waals surface area contributed by atoms with E-state index in [-0.39, 0.29) is 0 Å². The maximum absolute atomic E-state index is 10.1. The van der Waals surface area contributed by atoms with Crippen molar-refractivity contribution in [3.63, 3.8) is 0 Å². The normalized spacial score (nSPS) is 29.6. The maximum atomic E-state index is 10.1. The lowest BCUT2D eigenvalue weighted by atomic mass is 9.75. The highest BCUT2D eigenvalue weighted by Gasteiger charge is 2.44. The second-order valence-electron chi connectivity index (χ2n) is 8.38. The van der Waals surface area contributed by atoms with Crippen LogP contribution in [0.4, 0.5) is 0 Å². The van der Waals surface area contributed by atoms with Gasteiger partial charge in [0.25, 0.3) is 0 Å². The van der Waals surface area contributed by atoms with Crippen molar-refractivity contribution in [2.75, 3.05) is 0 Å². The highest BCUT2D eigenvalue weighted by Crippen LogP contribution is 2.58. The molecule has 2 aliphatic rings. The first-order chi connectivity index (χ1) is 11.3.